The molecule has 6 aromatic rings. The van der Waals surface area contributed by atoms with E-state index in [1.54, 1.807) is 0 Å². The molecule has 6 aromatic carbocycles. The maximum absolute atomic E-state index is 11.5. The van der Waals surface area contributed by atoms with Gasteiger partial charge in [0.25, 0.3) is 0 Å². The molecule has 5 unspecified atom stereocenters. The van der Waals surface area contributed by atoms with Gasteiger partial charge in [-0.25, -0.2) is 0 Å². The number of epoxide rings is 2. The third kappa shape index (κ3) is 11.6. The molecule has 10 rings (SSSR count). The maximum Gasteiger partial charge on any atom is 0.119 e. The number of rotatable bonds is 22. The Morgan fingerprint density at radius 1 is 0.421 bits per heavy atom. The van der Waals surface area contributed by atoms with E-state index in [4.69, 9.17) is 28.4 Å². The molecule has 0 spiro atoms. The molecule has 7 nitrogen and oxygen atoms in total. The number of ether oxygens (including phenoxy) is 6. The number of aliphatic hydroxyl groups excluding tert-OH is 1. The van der Waals surface area contributed by atoms with Gasteiger partial charge >= 0.3 is 0 Å². The van der Waals surface area contributed by atoms with Crippen LogP contribution in [0.1, 0.15) is 159 Å². The summed E-state index contributed by atoms with van der Waals surface area (Å²) in [4.78, 5) is 0. The highest BCUT2D eigenvalue weighted by atomic mass is 16.6. The zero-order valence-corrected chi connectivity index (χ0v) is 46.8. The Kier molecular flexibility index (Phi) is 16.3. The van der Waals surface area contributed by atoms with Gasteiger partial charge in [-0.15, -0.1) is 0 Å². The van der Waals surface area contributed by atoms with Crippen LogP contribution >= 0.6 is 0 Å². The second-order valence-electron chi connectivity index (χ2n) is 23.9. The van der Waals surface area contributed by atoms with E-state index in [2.05, 4.69) is 189 Å². The quantitative estimate of drug-likeness (QED) is 0.0536. The van der Waals surface area contributed by atoms with Gasteiger partial charge in [0.05, 0.1) is 37.6 Å². The van der Waals surface area contributed by atoms with Crippen molar-refractivity contribution in [1.82, 2.24) is 0 Å². The second-order valence-corrected chi connectivity index (χ2v) is 23.9. The van der Waals surface area contributed by atoms with Crippen molar-refractivity contribution < 1.29 is 33.5 Å². The van der Waals surface area contributed by atoms with Gasteiger partial charge in [0.2, 0.25) is 0 Å². The maximum atomic E-state index is 11.5. The summed E-state index contributed by atoms with van der Waals surface area (Å²) in [7, 11) is 0. The number of benzene rings is 6. The normalized spacial score (nSPS) is 20.3. The Balaban J connectivity index is 0.864. The van der Waals surface area contributed by atoms with Crippen molar-refractivity contribution in [3.8, 4) is 11.5 Å². The minimum absolute atomic E-state index is 0.115. The van der Waals surface area contributed by atoms with Gasteiger partial charge in [0.15, 0.2) is 0 Å². The SMILES string of the molecule is Cc1ccc(C(c2ccc(OCC3CO3)cc2)(c2ccc(C(C)(C)OCC(O)COc3ccc(C(c4ccc(C(C)(C)OCC5CO5)cc4)(c4ccc(C)c(C)c4)C4CCCCC4)cc3)cc2)C2CCCCC2)cc1C. The van der Waals surface area contributed by atoms with E-state index in [0.29, 0.717) is 25.0 Å². The first-order valence-corrected chi connectivity index (χ1v) is 28.7. The fourth-order valence-electron chi connectivity index (χ4n) is 12.9. The van der Waals surface area contributed by atoms with E-state index in [0.717, 1.165) is 48.7 Å². The summed E-state index contributed by atoms with van der Waals surface area (Å²) in [6, 6.07) is 50.2. The van der Waals surface area contributed by atoms with Crippen LogP contribution < -0.4 is 9.47 Å². The van der Waals surface area contributed by atoms with Crippen LogP contribution in [0.4, 0.5) is 0 Å². The number of hydrogen-bond acceptors (Lipinski definition) is 7. The average Bonchev–Trinajstić information content (AvgIpc) is 4.42. The fraction of sp³-hybridized carbons (Fsp3) is 0.478. The van der Waals surface area contributed by atoms with E-state index >= 15 is 0 Å². The largest absolute Gasteiger partial charge is 0.491 e. The Bertz CT molecular complexity index is 2850. The Morgan fingerprint density at radius 3 is 1.18 bits per heavy atom. The molecule has 0 bridgehead atoms. The second kappa shape index (κ2) is 23.0. The molecule has 2 heterocycles. The highest BCUT2D eigenvalue weighted by Crippen LogP contribution is 2.53. The first-order valence-electron chi connectivity index (χ1n) is 28.7. The molecule has 4 aliphatic rings. The molecule has 2 saturated heterocycles. The van der Waals surface area contributed by atoms with Crippen LogP contribution in [0.5, 0.6) is 11.5 Å². The monoisotopic (exact) mass is 1020 g/mol. The number of hydrogen-bond donors (Lipinski definition) is 1. The van der Waals surface area contributed by atoms with Crippen LogP contribution in [0, 0.1) is 39.5 Å². The minimum atomic E-state index is -0.828. The number of aryl methyl sites for hydroxylation is 4. The van der Waals surface area contributed by atoms with E-state index in [1.165, 1.54) is 107 Å². The molecule has 0 aromatic heterocycles. The van der Waals surface area contributed by atoms with Gasteiger partial charge in [-0.3, -0.25) is 0 Å². The lowest BCUT2D eigenvalue weighted by molar-refractivity contribution is -0.0717. The molecular weight excluding hydrogens is 941 g/mol. The summed E-state index contributed by atoms with van der Waals surface area (Å²) in [5.74, 6) is 2.45. The van der Waals surface area contributed by atoms with Crippen LogP contribution in [-0.2, 0) is 41.0 Å². The van der Waals surface area contributed by atoms with Gasteiger partial charge in [-0.1, -0.05) is 148 Å². The van der Waals surface area contributed by atoms with E-state index in [1.807, 2.05) is 0 Å². The highest BCUT2D eigenvalue weighted by molar-refractivity contribution is 5.56. The van der Waals surface area contributed by atoms with Crippen LogP contribution in [0.3, 0.4) is 0 Å². The van der Waals surface area contributed by atoms with Gasteiger partial charge < -0.3 is 33.5 Å². The summed E-state index contributed by atoms with van der Waals surface area (Å²) < 4.78 is 36.4. The third-order valence-electron chi connectivity index (χ3n) is 18.0. The molecule has 2 saturated carbocycles. The smallest absolute Gasteiger partial charge is 0.119 e. The zero-order chi connectivity index (χ0) is 53.1. The minimum Gasteiger partial charge on any atom is -0.491 e. The van der Waals surface area contributed by atoms with Gasteiger partial charge in [-0.2, -0.15) is 0 Å². The molecule has 0 radical (unpaired) electrons. The molecule has 402 valence electrons. The van der Waals surface area contributed by atoms with E-state index < -0.39 is 17.3 Å². The van der Waals surface area contributed by atoms with Crippen LogP contribution in [-0.4, -0.2) is 63.1 Å². The molecule has 4 fully saturated rings. The van der Waals surface area contributed by atoms with Crippen LogP contribution in [0.25, 0.3) is 0 Å². The van der Waals surface area contributed by atoms with Crippen LogP contribution in [0.15, 0.2) is 133 Å². The summed E-state index contributed by atoms with van der Waals surface area (Å²) in [5.41, 5.74) is 13.4. The van der Waals surface area contributed by atoms with Gasteiger partial charge in [-0.05, 0) is 184 Å². The summed E-state index contributed by atoms with van der Waals surface area (Å²) in [5, 5.41) is 11.5. The van der Waals surface area contributed by atoms with Crippen molar-refractivity contribution in [3.05, 3.63) is 200 Å². The van der Waals surface area contributed by atoms with Crippen molar-refractivity contribution in [1.29, 1.82) is 0 Å². The van der Waals surface area contributed by atoms with Gasteiger partial charge in [0.1, 0.15) is 43.0 Å². The molecule has 0 amide bonds. The molecule has 1 N–H and O–H groups in total. The zero-order valence-electron chi connectivity index (χ0n) is 46.8. The predicted molar refractivity (Wildman–Crippen MR) is 305 cm³/mol. The molecule has 2 aliphatic carbocycles. The lowest BCUT2D eigenvalue weighted by atomic mass is 9.58. The Morgan fingerprint density at radius 2 is 0.776 bits per heavy atom. The Labute approximate surface area is 454 Å². The lowest BCUT2D eigenvalue weighted by Crippen LogP contribution is -2.39. The molecule has 76 heavy (non-hydrogen) atoms. The topological polar surface area (TPSA) is 82.2 Å². The predicted octanol–water partition coefficient (Wildman–Crippen LogP) is 14.9. The van der Waals surface area contributed by atoms with Crippen molar-refractivity contribution in [3.63, 3.8) is 0 Å². The Hall–Kier alpha value is -5.28. The molecule has 2 aliphatic heterocycles. The van der Waals surface area contributed by atoms with Crippen LogP contribution in [0.2, 0.25) is 0 Å². The van der Waals surface area contributed by atoms with E-state index in [-0.39, 0.29) is 36.3 Å². The molecule has 5 atom stereocenters. The molecule has 7 heteroatoms. The number of aliphatic hydroxyl groups is 1. The summed E-state index contributed by atoms with van der Waals surface area (Å²) >= 11 is 0. The van der Waals surface area contributed by atoms with Crippen molar-refractivity contribution in [2.75, 3.05) is 39.6 Å². The standard InChI is InChI=1S/C69H84O7/c1-47-19-21-59(39-49(47)3)68(53-15-11-9-12-16-53,56-29-25-52(26-30-56)67(7,8)76-46-65-45-74-65)57-31-35-62(36-32-57)71-41-61(70)42-75-66(5,6)51-23-27-55(28-24-51)69(54-17-13-10-14-18-54,60-22-20-48(2)50(4)40-60)58-33-37-63(38-34-58)72-43-64-44-73-64/h19-40,53-54,61,64-65,70H,9-18,41-46H2,1-8H3. The summed E-state index contributed by atoms with van der Waals surface area (Å²) in [6.07, 6.45) is 11.7. The van der Waals surface area contributed by atoms with E-state index in [9.17, 15) is 5.11 Å². The van der Waals surface area contributed by atoms with Crippen molar-refractivity contribution >= 4 is 0 Å². The highest BCUT2D eigenvalue weighted by Gasteiger charge is 2.46. The average molecular weight is 1030 g/mol. The first-order chi connectivity index (χ1) is 36.7. The van der Waals surface area contributed by atoms with Crippen molar-refractivity contribution in [2.45, 2.75) is 160 Å². The van der Waals surface area contributed by atoms with Crippen molar-refractivity contribution in [2.24, 2.45) is 11.8 Å². The first kappa shape index (κ1) is 54.1. The lowest BCUT2D eigenvalue weighted by Gasteiger charge is -2.45. The fourth-order valence-corrected chi connectivity index (χ4v) is 12.9. The summed E-state index contributed by atoms with van der Waals surface area (Å²) in [6.45, 7) is 20.4. The third-order valence-corrected chi connectivity index (χ3v) is 18.0. The van der Waals surface area contributed by atoms with Gasteiger partial charge in [0, 0.05) is 10.8 Å². The molecular formula is C69H84O7.